The molecular formula is C12H28N2O2. The monoisotopic (exact) mass is 232 g/mol. The lowest BCUT2D eigenvalue weighted by Crippen LogP contribution is -2.32. The number of nitrogens with zero attached hydrogens (tertiary/aromatic N) is 1. The Morgan fingerprint density at radius 1 is 1.00 bits per heavy atom. The van der Waals surface area contributed by atoms with Crippen LogP contribution in [0, 0.1) is 0 Å². The van der Waals surface area contributed by atoms with Crippen molar-refractivity contribution in [1.82, 2.24) is 10.2 Å². The molecule has 1 N–H and O–H groups in total. The summed E-state index contributed by atoms with van der Waals surface area (Å²) in [7, 11) is 1.69. The zero-order valence-electron chi connectivity index (χ0n) is 11.1. The highest BCUT2D eigenvalue weighted by Gasteiger charge is 1.97. The van der Waals surface area contributed by atoms with Crippen molar-refractivity contribution in [2.24, 2.45) is 0 Å². The summed E-state index contributed by atoms with van der Waals surface area (Å²) in [5, 5.41) is 3.42. The average molecular weight is 232 g/mol. The molecule has 0 aromatic heterocycles. The minimum absolute atomic E-state index is 0.690. The van der Waals surface area contributed by atoms with Gasteiger partial charge < -0.3 is 19.7 Å². The number of methoxy groups -OCH3 is 1. The smallest absolute Gasteiger partial charge is 0.0700 e. The van der Waals surface area contributed by atoms with Gasteiger partial charge in [0.1, 0.15) is 0 Å². The van der Waals surface area contributed by atoms with Crippen molar-refractivity contribution in [3.8, 4) is 0 Å². The molecule has 0 amide bonds. The molecule has 0 aliphatic carbocycles. The van der Waals surface area contributed by atoms with Crippen molar-refractivity contribution >= 4 is 0 Å². The highest BCUT2D eigenvalue weighted by molar-refractivity contribution is 4.55. The first kappa shape index (κ1) is 15.8. The van der Waals surface area contributed by atoms with Crippen LogP contribution in [0.15, 0.2) is 0 Å². The average Bonchev–Trinajstić information content (AvgIpc) is 2.32. The second-order valence-electron chi connectivity index (χ2n) is 3.74. The fraction of sp³-hybridized carbons (Fsp3) is 1.00. The Hall–Kier alpha value is -0.160. The van der Waals surface area contributed by atoms with E-state index in [0.717, 1.165) is 45.8 Å². The fourth-order valence-electron chi connectivity index (χ4n) is 1.45. The third-order valence-electron chi connectivity index (χ3n) is 2.57. The maximum absolute atomic E-state index is 5.37. The molecule has 98 valence electrons. The predicted molar refractivity (Wildman–Crippen MR) is 68.0 cm³/mol. The van der Waals surface area contributed by atoms with E-state index in [2.05, 4.69) is 24.1 Å². The Morgan fingerprint density at radius 2 is 1.75 bits per heavy atom. The lowest BCUT2D eigenvalue weighted by atomic mass is 10.4. The molecule has 0 spiro atoms. The van der Waals surface area contributed by atoms with Gasteiger partial charge in [0.25, 0.3) is 0 Å². The minimum Gasteiger partial charge on any atom is -0.382 e. The summed E-state index contributed by atoms with van der Waals surface area (Å²) >= 11 is 0. The summed E-state index contributed by atoms with van der Waals surface area (Å²) in [4.78, 5) is 2.42. The molecule has 4 nitrogen and oxygen atoms in total. The van der Waals surface area contributed by atoms with E-state index in [1.165, 1.54) is 0 Å². The van der Waals surface area contributed by atoms with Crippen molar-refractivity contribution in [3.63, 3.8) is 0 Å². The second-order valence-corrected chi connectivity index (χ2v) is 3.74. The molecule has 0 heterocycles. The highest BCUT2D eigenvalue weighted by atomic mass is 16.5. The lowest BCUT2D eigenvalue weighted by Gasteiger charge is -2.17. The molecule has 0 rings (SSSR count). The Balaban J connectivity index is 3.03. The zero-order valence-corrected chi connectivity index (χ0v) is 11.1. The van der Waals surface area contributed by atoms with Crippen LogP contribution in [0.2, 0.25) is 0 Å². The molecule has 0 saturated heterocycles. The van der Waals surface area contributed by atoms with Gasteiger partial charge in [0.2, 0.25) is 0 Å². The molecule has 0 radical (unpaired) electrons. The molecule has 0 fully saturated rings. The van der Waals surface area contributed by atoms with Crippen LogP contribution in [-0.4, -0.2) is 64.6 Å². The van der Waals surface area contributed by atoms with Crippen LogP contribution < -0.4 is 5.32 Å². The van der Waals surface area contributed by atoms with Gasteiger partial charge in [0.05, 0.1) is 13.2 Å². The molecule has 0 aromatic carbocycles. The van der Waals surface area contributed by atoms with E-state index in [4.69, 9.17) is 9.47 Å². The first-order valence-electron chi connectivity index (χ1n) is 6.34. The molecule has 0 atom stereocenters. The number of hydrogen-bond acceptors (Lipinski definition) is 4. The molecule has 0 unspecified atom stereocenters. The Bertz CT molecular complexity index is 130. The summed E-state index contributed by atoms with van der Waals surface area (Å²) in [6.07, 6.45) is 1.07. The van der Waals surface area contributed by atoms with Crippen molar-refractivity contribution in [2.45, 2.75) is 20.3 Å². The summed E-state index contributed by atoms with van der Waals surface area (Å²) in [5.74, 6) is 0. The number of nitrogens with one attached hydrogen (secondary N) is 1. The standard InChI is InChI=1S/C12H28N2O2/c1-4-14(5-2)9-8-13-7-6-10-16-12-11-15-3/h13H,4-12H2,1-3H3. The number of likely N-dealkylation sites (N-methyl/N-ethyl adjacent to an activating group) is 1. The van der Waals surface area contributed by atoms with Crippen LogP contribution in [0.25, 0.3) is 0 Å². The van der Waals surface area contributed by atoms with Crippen LogP contribution in [0.3, 0.4) is 0 Å². The number of hydrogen-bond donors (Lipinski definition) is 1. The van der Waals surface area contributed by atoms with Gasteiger partial charge >= 0.3 is 0 Å². The number of rotatable bonds is 12. The summed E-state index contributed by atoms with van der Waals surface area (Å²) in [6.45, 7) is 12.1. The first-order valence-corrected chi connectivity index (χ1v) is 6.34. The van der Waals surface area contributed by atoms with Gasteiger partial charge in [-0.2, -0.15) is 0 Å². The molecule has 0 saturated carbocycles. The third kappa shape index (κ3) is 10.4. The third-order valence-corrected chi connectivity index (χ3v) is 2.57. The van der Waals surface area contributed by atoms with Crippen LogP contribution in [0.1, 0.15) is 20.3 Å². The topological polar surface area (TPSA) is 33.7 Å². The van der Waals surface area contributed by atoms with Crippen molar-refractivity contribution < 1.29 is 9.47 Å². The van der Waals surface area contributed by atoms with Crippen LogP contribution in [0.4, 0.5) is 0 Å². The predicted octanol–water partition coefficient (Wildman–Crippen LogP) is 0.971. The van der Waals surface area contributed by atoms with E-state index in [1.54, 1.807) is 7.11 Å². The Morgan fingerprint density at radius 3 is 2.38 bits per heavy atom. The Kier molecular flexibility index (Phi) is 12.8. The normalized spacial score (nSPS) is 11.2. The van der Waals surface area contributed by atoms with Gasteiger partial charge in [0.15, 0.2) is 0 Å². The zero-order chi connectivity index (χ0) is 12.1. The fourth-order valence-corrected chi connectivity index (χ4v) is 1.45. The van der Waals surface area contributed by atoms with Crippen molar-refractivity contribution in [3.05, 3.63) is 0 Å². The summed E-state index contributed by atoms with van der Waals surface area (Å²) < 4.78 is 10.3. The highest BCUT2D eigenvalue weighted by Crippen LogP contribution is 1.85. The molecular weight excluding hydrogens is 204 g/mol. The van der Waals surface area contributed by atoms with E-state index in [1.807, 2.05) is 0 Å². The van der Waals surface area contributed by atoms with Gasteiger partial charge in [0, 0.05) is 26.8 Å². The molecule has 4 heteroatoms. The van der Waals surface area contributed by atoms with Crippen molar-refractivity contribution in [2.75, 3.05) is 59.7 Å². The maximum atomic E-state index is 5.37. The van der Waals surface area contributed by atoms with Gasteiger partial charge in [-0.15, -0.1) is 0 Å². The molecule has 0 aromatic rings. The molecule has 0 aliphatic rings. The van der Waals surface area contributed by atoms with Gasteiger partial charge in [-0.05, 0) is 26.1 Å². The lowest BCUT2D eigenvalue weighted by molar-refractivity contribution is 0.0694. The van der Waals surface area contributed by atoms with Gasteiger partial charge in [-0.1, -0.05) is 13.8 Å². The largest absolute Gasteiger partial charge is 0.382 e. The molecule has 0 bridgehead atoms. The van der Waals surface area contributed by atoms with E-state index < -0.39 is 0 Å². The SMILES string of the molecule is CCN(CC)CCNCCCOCCOC. The first-order chi connectivity index (χ1) is 7.85. The minimum atomic E-state index is 0.690. The van der Waals surface area contributed by atoms with Gasteiger partial charge in [-0.25, -0.2) is 0 Å². The molecule has 0 aliphatic heterocycles. The van der Waals surface area contributed by atoms with Crippen LogP contribution >= 0.6 is 0 Å². The van der Waals surface area contributed by atoms with E-state index in [9.17, 15) is 0 Å². The maximum Gasteiger partial charge on any atom is 0.0700 e. The van der Waals surface area contributed by atoms with E-state index in [-0.39, 0.29) is 0 Å². The van der Waals surface area contributed by atoms with Crippen molar-refractivity contribution in [1.29, 1.82) is 0 Å². The molecule has 16 heavy (non-hydrogen) atoms. The van der Waals surface area contributed by atoms with Crippen LogP contribution in [0.5, 0.6) is 0 Å². The van der Waals surface area contributed by atoms with E-state index >= 15 is 0 Å². The van der Waals surface area contributed by atoms with Crippen LogP contribution in [-0.2, 0) is 9.47 Å². The summed E-state index contributed by atoms with van der Waals surface area (Å²) in [6, 6.07) is 0. The summed E-state index contributed by atoms with van der Waals surface area (Å²) in [5.41, 5.74) is 0. The Labute approximate surface area is 100 Å². The van der Waals surface area contributed by atoms with E-state index in [0.29, 0.717) is 13.2 Å². The second kappa shape index (κ2) is 12.9. The quantitative estimate of drug-likeness (QED) is 0.508. The number of ether oxygens (including phenoxy) is 2. The van der Waals surface area contributed by atoms with Gasteiger partial charge in [-0.3, -0.25) is 0 Å².